The highest BCUT2D eigenvalue weighted by Crippen LogP contribution is 2.61. The Morgan fingerprint density at radius 3 is 1.88 bits per heavy atom. The Kier molecular flexibility index (Phi) is 4.60. The van der Waals surface area contributed by atoms with Crippen LogP contribution in [0, 0.1) is 28.6 Å². The minimum Gasteiger partial charge on any atom is -0.341 e. The molecule has 4 bridgehead atoms. The van der Waals surface area contributed by atoms with Gasteiger partial charge in [0.1, 0.15) is 0 Å². The van der Waals surface area contributed by atoms with Crippen molar-refractivity contribution >= 4 is 11.8 Å². The summed E-state index contributed by atoms with van der Waals surface area (Å²) in [7, 11) is 0. The summed E-state index contributed by atoms with van der Waals surface area (Å²) in [6.45, 7) is 8.97. The van der Waals surface area contributed by atoms with Crippen molar-refractivity contribution in [1.29, 1.82) is 0 Å². The molecule has 0 aromatic heterocycles. The third-order valence-corrected chi connectivity index (χ3v) is 7.47. The van der Waals surface area contributed by atoms with Crippen molar-refractivity contribution in [3.05, 3.63) is 0 Å². The summed E-state index contributed by atoms with van der Waals surface area (Å²) in [6, 6.07) is 0. The number of amides is 2. The van der Waals surface area contributed by atoms with E-state index in [1.807, 2.05) is 25.7 Å². The SMILES string of the molecule is CC(C)(C)C(=O)N1CCCN(C(=O)CC23CC4CC(CC(C4)C2)C3)CC1. The molecule has 5 rings (SSSR count). The van der Waals surface area contributed by atoms with Crippen molar-refractivity contribution in [3.63, 3.8) is 0 Å². The quantitative estimate of drug-likeness (QED) is 0.753. The van der Waals surface area contributed by atoms with Gasteiger partial charge in [-0.3, -0.25) is 9.59 Å². The van der Waals surface area contributed by atoms with Crippen LogP contribution in [-0.2, 0) is 9.59 Å². The third kappa shape index (κ3) is 3.53. The summed E-state index contributed by atoms with van der Waals surface area (Å²) in [5, 5.41) is 0. The lowest BCUT2D eigenvalue weighted by atomic mass is 9.49. The summed E-state index contributed by atoms with van der Waals surface area (Å²) in [5.41, 5.74) is -0.0164. The average Bonchev–Trinajstić information content (AvgIpc) is 2.77. The molecule has 0 unspecified atom stereocenters. The highest BCUT2D eigenvalue weighted by molar-refractivity contribution is 5.82. The van der Waals surface area contributed by atoms with Gasteiger partial charge in [0.25, 0.3) is 0 Å². The first kappa shape index (κ1) is 18.3. The standard InChI is InChI=1S/C22H36N2O2/c1-21(2,3)20(26)24-6-4-5-23(7-8-24)19(25)15-22-12-16-9-17(13-22)11-18(10-16)14-22/h16-18H,4-15H2,1-3H3. The normalized spacial score (nSPS) is 37.0. The van der Waals surface area contributed by atoms with Crippen LogP contribution in [-0.4, -0.2) is 47.8 Å². The number of hydrogen-bond acceptors (Lipinski definition) is 2. The van der Waals surface area contributed by atoms with Crippen LogP contribution < -0.4 is 0 Å². The largest absolute Gasteiger partial charge is 0.341 e. The first-order valence-corrected chi connectivity index (χ1v) is 10.8. The maximum atomic E-state index is 13.1. The molecule has 1 saturated heterocycles. The molecule has 0 N–H and O–H groups in total. The third-order valence-electron chi connectivity index (χ3n) is 7.47. The van der Waals surface area contributed by atoms with E-state index in [4.69, 9.17) is 0 Å². The Morgan fingerprint density at radius 2 is 1.35 bits per heavy atom. The fourth-order valence-electron chi connectivity index (χ4n) is 6.78. The fourth-order valence-corrected chi connectivity index (χ4v) is 6.78. The molecular weight excluding hydrogens is 324 g/mol. The van der Waals surface area contributed by atoms with E-state index in [9.17, 15) is 9.59 Å². The van der Waals surface area contributed by atoms with E-state index in [0.717, 1.165) is 43.7 Å². The lowest BCUT2D eigenvalue weighted by Gasteiger charge is -2.57. The Labute approximate surface area is 158 Å². The van der Waals surface area contributed by atoms with Crippen LogP contribution in [0.5, 0.6) is 0 Å². The van der Waals surface area contributed by atoms with E-state index < -0.39 is 0 Å². The highest BCUT2D eigenvalue weighted by Gasteiger charge is 2.51. The molecule has 1 aliphatic heterocycles. The van der Waals surface area contributed by atoms with Crippen LogP contribution in [0.15, 0.2) is 0 Å². The molecule has 2 amide bonds. The topological polar surface area (TPSA) is 40.6 Å². The number of carbonyl (C=O) groups is 2. The lowest BCUT2D eigenvalue weighted by Crippen LogP contribution is -2.49. The van der Waals surface area contributed by atoms with Gasteiger partial charge in [0.15, 0.2) is 0 Å². The van der Waals surface area contributed by atoms with Crippen LogP contribution in [0.1, 0.15) is 72.1 Å². The Balaban J connectivity index is 1.36. The van der Waals surface area contributed by atoms with Crippen molar-refractivity contribution < 1.29 is 9.59 Å². The van der Waals surface area contributed by atoms with Crippen molar-refractivity contribution in [2.45, 2.75) is 72.1 Å². The smallest absolute Gasteiger partial charge is 0.228 e. The Hall–Kier alpha value is -1.06. The zero-order valence-electron chi connectivity index (χ0n) is 16.9. The van der Waals surface area contributed by atoms with Gasteiger partial charge < -0.3 is 9.80 Å². The minimum absolute atomic E-state index is 0.216. The molecule has 0 radical (unpaired) electrons. The molecule has 1 heterocycles. The molecule has 4 heteroatoms. The van der Waals surface area contributed by atoms with Gasteiger partial charge in [-0.15, -0.1) is 0 Å². The number of carbonyl (C=O) groups excluding carboxylic acids is 2. The molecule has 4 aliphatic carbocycles. The molecule has 0 atom stereocenters. The van der Waals surface area contributed by atoms with Gasteiger partial charge in [-0.1, -0.05) is 20.8 Å². The van der Waals surface area contributed by atoms with Gasteiger partial charge >= 0.3 is 0 Å². The van der Waals surface area contributed by atoms with Gasteiger partial charge in [-0.25, -0.2) is 0 Å². The molecule has 4 nitrogen and oxygen atoms in total. The maximum Gasteiger partial charge on any atom is 0.228 e. The second-order valence-electron chi connectivity index (χ2n) is 10.9. The molecule has 0 aromatic rings. The lowest BCUT2D eigenvalue weighted by molar-refractivity contribution is -0.141. The van der Waals surface area contributed by atoms with E-state index in [-0.39, 0.29) is 11.3 Å². The first-order chi connectivity index (χ1) is 12.2. The van der Waals surface area contributed by atoms with Crippen molar-refractivity contribution in [2.75, 3.05) is 26.2 Å². The summed E-state index contributed by atoms with van der Waals surface area (Å²) in [4.78, 5) is 29.7. The van der Waals surface area contributed by atoms with E-state index in [2.05, 4.69) is 4.90 Å². The molecule has 26 heavy (non-hydrogen) atoms. The van der Waals surface area contributed by atoms with Crippen LogP contribution in [0.25, 0.3) is 0 Å². The first-order valence-electron chi connectivity index (χ1n) is 10.8. The average molecular weight is 361 g/mol. The fraction of sp³-hybridized carbons (Fsp3) is 0.909. The van der Waals surface area contributed by atoms with Crippen LogP contribution in [0.3, 0.4) is 0 Å². The van der Waals surface area contributed by atoms with Gasteiger partial charge in [-0.05, 0) is 68.1 Å². The Morgan fingerprint density at radius 1 is 0.846 bits per heavy atom. The molecular formula is C22H36N2O2. The Bertz CT molecular complexity index is 542. The maximum absolute atomic E-state index is 13.1. The van der Waals surface area contributed by atoms with E-state index >= 15 is 0 Å². The van der Waals surface area contributed by atoms with E-state index in [1.54, 1.807) is 0 Å². The second kappa shape index (κ2) is 6.53. The number of nitrogens with zero attached hydrogens (tertiary/aromatic N) is 2. The molecule has 5 fully saturated rings. The van der Waals surface area contributed by atoms with Crippen LogP contribution in [0.4, 0.5) is 0 Å². The number of rotatable bonds is 2. The predicted octanol–water partition coefficient (Wildman–Crippen LogP) is 3.70. The predicted molar refractivity (Wildman–Crippen MR) is 102 cm³/mol. The zero-order valence-corrected chi connectivity index (χ0v) is 16.9. The summed E-state index contributed by atoms with van der Waals surface area (Å²) < 4.78 is 0. The summed E-state index contributed by atoms with van der Waals surface area (Å²) in [6.07, 6.45) is 9.87. The van der Waals surface area contributed by atoms with Crippen molar-refractivity contribution in [3.8, 4) is 0 Å². The highest BCUT2D eigenvalue weighted by atomic mass is 16.2. The molecule has 0 spiro atoms. The van der Waals surface area contributed by atoms with E-state index in [1.165, 1.54) is 38.5 Å². The zero-order chi connectivity index (χ0) is 18.5. The van der Waals surface area contributed by atoms with Gasteiger partial charge in [0.2, 0.25) is 11.8 Å². The minimum atomic E-state index is -0.335. The van der Waals surface area contributed by atoms with Gasteiger partial charge in [0.05, 0.1) is 0 Å². The van der Waals surface area contributed by atoms with Crippen molar-refractivity contribution in [2.24, 2.45) is 28.6 Å². The monoisotopic (exact) mass is 360 g/mol. The summed E-state index contributed by atoms with van der Waals surface area (Å²) in [5.74, 6) is 3.28. The molecule has 4 saturated carbocycles. The molecule has 0 aromatic carbocycles. The van der Waals surface area contributed by atoms with Crippen molar-refractivity contribution in [1.82, 2.24) is 9.80 Å². The summed E-state index contributed by atoms with van der Waals surface area (Å²) >= 11 is 0. The molecule has 5 aliphatic rings. The number of hydrogen-bond donors (Lipinski definition) is 0. The molecule has 146 valence electrons. The van der Waals surface area contributed by atoms with E-state index in [0.29, 0.717) is 24.4 Å². The van der Waals surface area contributed by atoms with Crippen LogP contribution in [0.2, 0.25) is 0 Å². The van der Waals surface area contributed by atoms with Gasteiger partial charge in [-0.2, -0.15) is 0 Å². The van der Waals surface area contributed by atoms with Gasteiger partial charge in [0, 0.05) is 38.0 Å². The van der Waals surface area contributed by atoms with Crippen LogP contribution >= 0.6 is 0 Å². The second-order valence-corrected chi connectivity index (χ2v) is 10.9.